The molecule has 3 nitrogen and oxygen atoms in total. The molecule has 1 aromatic rings. The van der Waals surface area contributed by atoms with Gasteiger partial charge in [0.1, 0.15) is 0 Å². The molecule has 0 aliphatic carbocycles. The Kier molecular flexibility index (Phi) is 5.25. The van der Waals surface area contributed by atoms with Crippen molar-refractivity contribution < 1.29 is 4.74 Å². The molecule has 1 heterocycles. The standard InChI is InChI=1S/C15H23BrN2O/c1-3-14(17)8-12-4-5-13(16)9-15(12)18-6-7-19-10-11(18)2/h4-5,9,11,14H,3,6-8,10,17H2,1-2H3. The number of rotatable bonds is 4. The van der Waals surface area contributed by atoms with Gasteiger partial charge in [-0.1, -0.05) is 28.9 Å². The third-order valence-corrected chi connectivity index (χ3v) is 4.22. The Morgan fingerprint density at radius 2 is 2.32 bits per heavy atom. The Morgan fingerprint density at radius 3 is 3.00 bits per heavy atom. The molecule has 0 bridgehead atoms. The number of ether oxygens (including phenoxy) is 1. The van der Waals surface area contributed by atoms with Crippen LogP contribution >= 0.6 is 15.9 Å². The van der Waals surface area contributed by atoms with Crippen molar-refractivity contribution in [1.29, 1.82) is 0 Å². The zero-order valence-electron chi connectivity index (χ0n) is 11.7. The van der Waals surface area contributed by atoms with Crippen molar-refractivity contribution in [2.24, 2.45) is 5.73 Å². The molecule has 2 unspecified atom stereocenters. The second kappa shape index (κ2) is 6.73. The Labute approximate surface area is 124 Å². The van der Waals surface area contributed by atoms with Gasteiger partial charge < -0.3 is 15.4 Å². The van der Waals surface area contributed by atoms with Crippen LogP contribution in [0, 0.1) is 0 Å². The second-order valence-electron chi connectivity index (χ2n) is 5.26. The van der Waals surface area contributed by atoms with E-state index >= 15 is 0 Å². The van der Waals surface area contributed by atoms with E-state index in [-0.39, 0.29) is 6.04 Å². The summed E-state index contributed by atoms with van der Waals surface area (Å²) in [5.74, 6) is 0. The summed E-state index contributed by atoms with van der Waals surface area (Å²) in [4.78, 5) is 2.44. The van der Waals surface area contributed by atoms with Crippen molar-refractivity contribution in [2.45, 2.75) is 38.8 Å². The summed E-state index contributed by atoms with van der Waals surface area (Å²) in [5.41, 5.74) is 8.76. The minimum Gasteiger partial charge on any atom is -0.377 e. The Hall–Kier alpha value is -0.580. The first-order valence-electron chi connectivity index (χ1n) is 7.00. The van der Waals surface area contributed by atoms with Gasteiger partial charge in [0.25, 0.3) is 0 Å². The number of morpholine rings is 1. The molecule has 0 saturated carbocycles. The summed E-state index contributed by atoms with van der Waals surface area (Å²) in [7, 11) is 0. The number of anilines is 1. The molecule has 1 aliphatic heterocycles. The quantitative estimate of drug-likeness (QED) is 0.924. The Morgan fingerprint density at radius 1 is 1.53 bits per heavy atom. The maximum Gasteiger partial charge on any atom is 0.0668 e. The van der Waals surface area contributed by atoms with E-state index in [2.05, 4.69) is 52.9 Å². The van der Waals surface area contributed by atoms with Crippen LogP contribution in [-0.2, 0) is 11.2 Å². The van der Waals surface area contributed by atoms with Crippen LogP contribution in [0.4, 0.5) is 5.69 Å². The predicted molar refractivity (Wildman–Crippen MR) is 83.7 cm³/mol. The molecular weight excluding hydrogens is 304 g/mol. The maximum atomic E-state index is 6.12. The van der Waals surface area contributed by atoms with Gasteiger partial charge in [0.15, 0.2) is 0 Å². The number of benzene rings is 1. The van der Waals surface area contributed by atoms with Crippen molar-refractivity contribution in [3.05, 3.63) is 28.2 Å². The molecule has 106 valence electrons. The van der Waals surface area contributed by atoms with Crippen LogP contribution in [0.15, 0.2) is 22.7 Å². The molecule has 0 spiro atoms. The first-order chi connectivity index (χ1) is 9.11. The fourth-order valence-corrected chi connectivity index (χ4v) is 2.84. The van der Waals surface area contributed by atoms with Gasteiger partial charge >= 0.3 is 0 Å². The third kappa shape index (κ3) is 3.71. The van der Waals surface area contributed by atoms with Crippen LogP contribution in [0.2, 0.25) is 0 Å². The Bertz CT molecular complexity index is 425. The van der Waals surface area contributed by atoms with E-state index in [9.17, 15) is 0 Å². The summed E-state index contributed by atoms with van der Waals surface area (Å²) in [6.07, 6.45) is 1.94. The van der Waals surface area contributed by atoms with E-state index in [0.717, 1.165) is 37.1 Å². The summed E-state index contributed by atoms with van der Waals surface area (Å²) in [6.45, 7) is 6.90. The van der Waals surface area contributed by atoms with Crippen molar-refractivity contribution in [1.82, 2.24) is 0 Å². The van der Waals surface area contributed by atoms with Gasteiger partial charge in [-0.2, -0.15) is 0 Å². The third-order valence-electron chi connectivity index (χ3n) is 3.73. The average molecular weight is 327 g/mol. The van der Waals surface area contributed by atoms with Crippen molar-refractivity contribution >= 4 is 21.6 Å². The van der Waals surface area contributed by atoms with Crippen LogP contribution in [0.25, 0.3) is 0 Å². The smallest absolute Gasteiger partial charge is 0.0668 e. The number of hydrogen-bond acceptors (Lipinski definition) is 3. The van der Waals surface area contributed by atoms with Gasteiger partial charge in [0, 0.05) is 28.8 Å². The lowest BCUT2D eigenvalue weighted by Crippen LogP contribution is -2.44. The largest absolute Gasteiger partial charge is 0.377 e. The first-order valence-corrected chi connectivity index (χ1v) is 7.79. The first kappa shape index (κ1) is 14.8. The monoisotopic (exact) mass is 326 g/mol. The van der Waals surface area contributed by atoms with Crippen LogP contribution in [-0.4, -0.2) is 31.8 Å². The van der Waals surface area contributed by atoms with E-state index in [4.69, 9.17) is 10.5 Å². The molecule has 0 amide bonds. The zero-order chi connectivity index (χ0) is 13.8. The lowest BCUT2D eigenvalue weighted by molar-refractivity contribution is 0.0988. The van der Waals surface area contributed by atoms with Gasteiger partial charge in [-0.05, 0) is 37.5 Å². The lowest BCUT2D eigenvalue weighted by atomic mass is 10.0. The van der Waals surface area contributed by atoms with E-state index in [1.54, 1.807) is 0 Å². The van der Waals surface area contributed by atoms with Crippen molar-refractivity contribution in [3.8, 4) is 0 Å². The van der Waals surface area contributed by atoms with Crippen LogP contribution in [0.3, 0.4) is 0 Å². The second-order valence-corrected chi connectivity index (χ2v) is 6.18. The fourth-order valence-electron chi connectivity index (χ4n) is 2.49. The summed E-state index contributed by atoms with van der Waals surface area (Å²) < 4.78 is 6.65. The van der Waals surface area contributed by atoms with E-state index in [1.807, 2.05) is 0 Å². The van der Waals surface area contributed by atoms with Gasteiger partial charge in [-0.3, -0.25) is 0 Å². The minimum atomic E-state index is 0.233. The number of nitrogens with zero attached hydrogens (tertiary/aromatic N) is 1. The fraction of sp³-hybridized carbons (Fsp3) is 0.600. The molecule has 2 atom stereocenters. The SMILES string of the molecule is CCC(N)Cc1ccc(Br)cc1N1CCOCC1C. The highest BCUT2D eigenvalue weighted by Gasteiger charge is 2.22. The van der Waals surface area contributed by atoms with Crippen molar-refractivity contribution in [2.75, 3.05) is 24.7 Å². The van der Waals surface area contributed by atoms with E-state index in [1.165, 1.54) is 11.3 Å². The highest BCUT2D eigenvalue weighted by Crippen LogP contribution is 2.29. The number of hydrogen-bond donors (Lipinski definition) is 1. The lowest BCUT2D eigenvalue weighted by Gasteiger charge is -2.37. The molecule has 1 fully saturated rings. The molecule has 1 saturated heterocycles. The van der Waals surface area contributed by atoms with E-state index < -0.39 is 0 Å². The van der Waals surface area contributed by atoms with Gasteiger partial charge in [0.05, 0.1) is 13.2 Å². The maximum absolute atomic E-state index is 6.12. The molecule has 0 aromatic heterocycles. The molecule has 2 N–H and O–H groups in total. The molecule has 4 heteroatoms. The normalized spacial score (nSPS) is 21.5. The number of halogens is 1. The molecule has 2 rings (SSSR count). The minimum absolute atomic E-state index is 0.233. The van der Waals surface area contributed by atoms with Gasteiger partial charge in [-0.15, -0.1) is 0 Å². The highest BCUT2D eigenvalue weighted by molar-refractivity contribution is 9.10. The van der Waals surface area contributed by atoms with Crippen molar-refractivity contribution in [3.63, 3.8) is 0 Å². The van der Waals surface area contributed by atoms with E-state index in [0.29, 0.717) is 6.04 Å². The molecule has 0 radical (unpaired) electrons. The topological polar surface area (TPSA) is 38.5 Å². The number of nitrogens with two attached hydrogens (primary N) is 1. The van der Waals surface area contributed by atoms with Gasteiger partial charge in [0.2, 0.25) is 0 Å². The summed E-state index contributed by atoms with van der Waals surface area (Å²) >= 11 is 3.58. The highest BCUT2D eigenvalue weighted by atomic mass is 79.9. The van der Waals surface area contributed by atoms with Crippen LogP contribution in [0.5, 0.6) is 0 Å². The molecule has 19 heavy (non-hydrogen) atoms. The molecular formula is C15H23BrN2O. The summed E-state index contributed by atoms with van der Waals surface area (Å²) in [5, 5.41) is 0. The average Bonchev–Trinajstić information content (AvgIpc) is 2.41. The van der Waals surface area contributed by atoms with Gasteiger partial charge in [-0.25, -0.2) is 0 Å². The molecule has 1 aromatic carbocycles. The van der Waals surface area contributed by atoms with Crippen LogP contribution < -0.4 is 10.6 Å². The van der Waals surface area contributed by atoms with Crippen LogP contribution in [0.1, 0.15) is 25.8 Å². The zero-order valence-corrected chi connectivity index (χ0v) is 13.3. The predicted octanol–water partition coefficient (Wildman–Crippen LogP) is 2.95. The molecule has 1 aliphatic rings. The Balaban J connectivity index is 2.28. The summed E-state index contributed by atoms with van der Waals surface area (Å²) in [6, 6.07) is 7.15.